The van der Waals surface area contributed by atoms with Crippen LogP contribution in [0.15, 0.2) is 143 Å². The first-order chi connectivity index (χ1) is 60.0. The Hall–Kier alpha value is -8.08. The topological polar surface area (TPSA) is 241 Å². The Kier molecular flexibility index (Phi) is 30.6. The minimum Gasteiger partial charge on any atom is -0.399 e. The molecule has 2 aromatic heterocycles. The highest BCUT2D eigenvalue weighted by atomic mass is 79.9. The summed E-state index contributed by atoms with van der Waals surface area (Å²) in [4.78, 5) is 73.9. The van der Waals surface area contributed by atoms with Gasteiger partial charge in [-0.3, -0.25) is 14.4 Å². The minimum atomic E-state index is -0.621. The second-order valence-electron chi connectivity index (χ2n) is 40.1. The van der Waals surface area contributed by atoms with E-state index in [-0.39, 0.29) is 58.0 Å². The third-order valence-corrected chi connectivity index (χ3v) is 31.6. The number of carbonyl (C=O) groups excluding carboxylic acids is 3. The first-order valence-corrected chi connectivity index (χ1v) is 48.7. The number of piperidine rings is 7. The predicted molar refractivity (Wildman–Crippen MR) is 516 cm³/mol. The van der Waals surface area contributed by atoms with Crippen LogP contribution in [0.4, 0.5) is 40.3 Å². The zero-order chi connectivity index (χ0) is 88.4. The molecule has 672 valence electrons. The zero-order valence-corrected chi connectivity index (χ0v) is 79.9. The van der Waals surface area contributed by atoms with E-state index in [0.29, 0.717) is 46.5 Å². The SMILES string of the molecule is CC1(c2ccc(Br)cc2)CCN(C2CC2)CC1.CC1(c2ccc(Br)cc2)CCNCC1.CC1(c2ccc(N)cc2)CCN(C2CC2)CC1.C[C@@H]1[C@H](CC(=O)N(C)C)CCCN1c1cnc(C#N)c(Nc2ccc(C3(C)CCN(C4CC4)CC3)cc2)n1.C[C@@H]1[C@H](CC(=O)N(C)C)CCCN1c1cnc(C(N)=O)c(Nc2ccc(C3(C)CCN(C4CC4)CC3)cc2)n1. The van der Waals surface area contributed by atoms with Gasteiger partial charge in [0.1, 0.15) is 17.7 Å². The van der Waals surface area contributed by atoms with Gasteiger partial charge in [0.2, 0.25) is 11.8 Å². The molecule has 11 fully saturated rings. The maximum atomic E-state index is 12.4. The number of nitrogens with zero attached hydrogens (tertiary/aromatic N) is 13. The lowest BCUT2D eigenvalue weighted by atomic mass is 9.74. The molecule has 4 saturated carbocycles. The van der Waals surface area contributed by atoms with E-state index in [1.54, 1.807) is 36.3 Å². The van der Waals surface area contributed by atoms with E-state index >= 15 is 0 Å². The molecule has 125 heavy (non-hydrogen) atoms. The quantitative estimate of drug-likeness (QED) is 0.0446. The number of halogens is 2. The number of amides is 3. The van der Waals surface area contributed by atoms with Crippen molar-refractivity contribution in [3.63, 3.8) is 0 Å². The summed E-state index contributed by atoms with van der Waals surface area (Å²) in [6.07, 6.45) is 32.0. The Morgan fingerprint density at radius 1 is 0.448 bits per heavy atom. The van der Waals surface area contributed by atoms with Gasteiger partial charge in [0.25, 0.3) is 5.91 Å². The normalized spacial score (nSPS) is 23.5. The number of carbonyl (C=O) groups is 3. The van der Waals surface area contributed by atoms with Crippen molar-refractivity contribution in [2.24, 2.45) is 17.6 Å². The van der Waals surface area contributed by atoms with Crippen LogP contribution in [0.2, 0.25) is 0 Å². The number of likely N-dealkylation sites (tertiary alicyclic amines) is 4. The summed E-state index contributed by atoms with van der Waals surface area (Å²) in [5.74, 6) is 2.42. The Morgan fingerprint density at radius 2 is 0.752 bits per heavy atom. The number of hydrogen-bond donors (Lipinski definition) is 5. The molecule has 11 aliphatic rings. The lowest BCUT2D eigenvalue weighted by Gasteiger charge is -2.40. The Morgan fingerprint density at radius 3 is 1.07 bits per heavy atom. The standard InChI is InChI=1S/C30H43N7O2.C30H41N7O.C15H20BrN.C15H22N2.C12H16BrN/c1-20-21(18-26(38)35(3)4)6-5-15-37(20)25-19-32-27(28(31)39)29(34-25)33-23-9-7-22(8-10-23)30(2)13-16-36(17-14-30)24-11-12-24;1-21-22(18-28(38)35(3)4)6-5-15-37(21)27-20-32-26(19-31)29(34-27)33-24-9-7-23(8-10-24)30(2)13-16-36(17-14-30)25-11-12-25;2*1-15(12-2-4-13(16)5-3-12)8-10-17(11-9-15)14-6-7-14;1-12(6-8-14-9-7-12)10-2-4-11(13)5-3-10/h7-10,19-21,24H,5-6,11-18H2,1-4H3,(H2,31,39)(H,33,34);7-10,20-22,25H,5-6,11-18H2,1-4H3,(H,33,34);2-5,14H,6-11H2,1H3;2-5,14H,6-11,16H2,1H3;2-5,14H,6-9H2,1H3/t20-,21+;21-,22+;;;/m11.../s1. The van der Waals surface area contributed by atoms with E-state index in [9.17, 15) is 19.6 Å². The number of nitriles is 1. The maximum absolute atomic E-state index is 12.4. The van der Waals surface area contributed by atoms with Crippen LogP contribution >= 0.6 is 31.9 Å². The third-order valence-electron chi connectivity index (χ3n) is 30.6. The van der Waals surface area contributed by atoms with Crippen molar-refractivity contribution in [3.05, 3.63) is 182 Å². The molecule has 5 aromatic carbocycles. The maximum Gasteiger partial charge on any atom is 0.271 e. The lowest BCUT2D eigenvalue weighted by molar-refractivity contribution is -0.130. The fourth-order valence-electron chi connectivity index (χ4n) is 20.4. The molecule has 3 amide bonds. The van der Waals surface area contributed by atoms with Crippen LogP contribution in [0, 0.1) is 23.2 Å². The van der Waals surface area contributed by atoms with Crippen LogP contribution in [0.3, 0.4) is 0 Å². The number of aromatic nitrogens is 4. The molecule has 4 atom stereocenters. The highest BCUT2D eigenvalue weighted by Crippen LogP contribution is 2.46. The van der Waals surface area contributed by atoms with Gasteiger partial charge >= 0.3 is 0 Å². The molecule has 7 aliphatic heterocycles. The summed E-state index contributed by atoms with van der Waals surface area (Å²) >= 11 is 6.99. The van der Waals surface area contributed by atoms with Crippen molar-refractivity contribution in [2.45, 2.75) is 266 Å². The van der Waals surface area contributed by atoms with E-state index in [1.165, 1.54) is 205 Å². The molecule has 0 spiro atoms. The third kappa shape index (κ3) is 24.1. The molecule has 18 rings (SSSR count). The van der Waals surface area contributed by atoms with Crippen molar-refractivity contribution >= 4 is 89.9 Å². The predicted octanol–water partition coefficient (Wildman–Crippen LogP) is 18.4. The monoisotopic (exact) mass is 1820 g/mol. The van der Waals surface area contributed by atoms with Gasteiger partial charge in [-0.25, -0.2) is 19.9 Å². The van der Waals surface area contributed by atoms with E-state index in [4.69, 9.17) is 21.4 Å². The zero-order valence-electron chi connectivity index (χ0n) is 76.7. The molecule has 21 nitrogen and oxygen atoms in total. The Balaban J connectivity index is 0.000000135. The number of hydrogen-bond acceptors (Lipinski definition) is 18. The molecule has 9 heterocycles. The molecular weight excluding hydrogens is 1690 g/mol. The van der Waals surface area contributed by atoms with Crippen molar-refractivity contribution in [1.82, 2.24) is 54.7 Å². The Labute approximate surface area is 763 Å². The minimum absolute atomic E-state index is 0.117. The van der Waals surface area contributed by atoms with Gasteiger partial charge in [0.15, 0.2) is 23.0 Å². The summed E-state index contributed by atoms with van der Waals surface area (Å²) in [6, 6.07) is 49.3. The molecule has 7 aromatic rings. The number of nitrogens with two attached hydrogens (primary N) is 2. The molecule has 4 aliphatic carbocycles. The van der Waals surface area contributed by atoms with E-state index in [1.807, 2.05) is 26.2 Å². The molecule has 0 bridgehead atoms. The molecule has 23 heteroatoms. The second-order valence-corrected chi connectivity index (χ2v) is 42.0. The summed E-state index contributed by atoms with van der Waals surface area (Å²) in [5, 5.41) is 19.8. The molecule has 7 N–H and O–H groups in total. The fraction of sp³-hybridized carbons (Fsp3) is 0.588. The van der Waals surface area contributed by atoms with Crippen LogP contribution < -0.4 is 37.2 Å². The first kappa shape index (κ1) is 93.1. The van der Waals surface area contributed by atoms with E-state index in [2.05, 4.69) is 251 Å². The first-order valence-electron chi connectivity index (χ1n) is 47.1. The van der Waals surface area contributed by atoms with Gasteiger partial charge in [-0.05, 0) is 348 Å². The van der Waals surface area contributed by atoms with Gasteiger partial charge in [-0.15, -0.1) is 0 Å². The van der Waals surface area contributed by atoms with Crippen LogP contribution in [0.25, 0.3) is 0 Å². The lowest BCUT2D eigenvalue weighted by Crippen LogP contribution is -2.45. The summed E-state index contributed by atoms with van der Waals surface area (Å²) in [6.45, 7) is 30.1. The largest absolute Gasteiger partial charge is 0.399 e. The van der Waals surface area contributed by atoms with Crippen molar-refractivity contribution in [2.75, 3.05) is 133 Å². The van der Waals surface area contributed by atoms with Crippen molar-refractivity contribution < 1.29 is 14.4 Å². The average molecular weight is 1830 g/mol. The number of rotatable bonds is 20. The highest BCUT2D eigenvalue weighted by Gasteiger charge is 2.43. The van der Waals surface area contributed by atoms with Crippen molar-refractivity contribution in [3.8, 4) is 6.07 Å². The van der Waals surface area contributed by atoms with E-state index < -0.39 is 5.91 Å². The summed E-state index contributed by atoms with van der Waals surface area (Å²) in [7, 11) is 7.21. The molecular formula is C102H142Br2N18O3. The number of nitrogen functional groups attached to an aromatic ring is 1. The van der Waals surface area contributed by atoms with E-state index in [0.717, 1.165) is 98.9 Å². The molecule has 7 saturated heterocycles. The summed E-state index contributed by atoms with van der Waals surface area (Å²) < 4.78 is 2.35. The van der Waals surface area contributed by atoms with Crippen molar-refractivity contribution in [1.29, 1.82) is 5.26 Å². The van der Waals surface area contributed by atoms with Gasteiger partial charge in [-0.2, -0.15) is 5.26 Å². The smallest absolute Gasteiger partial charge is 0.271 e. The number of anilines is 7. The van der Waals surface area contributed by atoms with Crippen LogP contribution in [0.5, 0.6) is 0 Å². The number of benzene rings is 5. The van der Waals surface area contributed by atoms with Gasteiger partial charge in [-0.1, -0.05) is 127 Å². The highest BCUT2D eigenvalue weighted by molar-refractivity contribution is 9.10. The molecule has 0 radical (unpaired) electrons. The van der Waals surface area contributed by atoms with Crippen LogP contribution in [-0.4, -0.2) is 210 Å². The fourth-order valence-corrected chi connectivity index (χ4v) is 20.9. The van der Waals surface area contributed by atoms with Gasteiger partial charge in [0.05, 0.1) is 12.4 Å². The van der Waals surface area contributed by atoms with Gasteiger partial charge < -0.3 is 66.6 Å². The van der Waals surface area contributed by atoms with Crippen LogP contribution in [0.1, 0.15) is 247 Å². The second kappa shape index (κ2) is 41.1. The Bertz CT molecular complexity index is 4660. The van der Waals surface area contributed by atoms with Gasteiger partial charge in [0, 0.05) is 116 Å². The summed E-state index contributed by atoms with van der Waals surface area (Å²) in [5.41, 5.74) is 23.1. The number of primary amides is 1. The molecule has 0 unspecified atom stereocenters. The number of nitrogens with one attached hydrogen (secondary N) is 3. The van der Waals surface area contributed by atoms with Crippen LogP contribution in [-0.2, 0) is 36.7 Å². The average Bonchev–Trinajstić information content (AvgIpc) is 0.840.